The van der Waals surface area contributed by atoms with Crippen molar-refractivity contribution in [2.75, 3.05) is 6.61 Å². The molecule has 2 aromatic heterocycles. The molecule has 7 nitrogen and oxygen atoms in total. The molecule has 2 rings (SSSR count). The van der Waals surface area contributed by atoms with E-state index in [9.17, 15) is 9.59 Å². The van der Waals surface area contributed by atoms with E-state index in [1.807, 2.05) is 13.8 Å². The molecule has 0 unspecified atom stereocenters. The Morgan fingerprint density at radius 3 is 2.83 bits per heavy atom. The first-order chi connectivity index (χ1) is 10.8. The minimum absolute atomic E-state index is 0.116. The molecule has 0 atom stereocenters. The van der Waals surface area contributed by atoms with Gasteiger partial charge in [-0.15, -0.1) is 0 Å². The van der Waals surface area contributed by atoms with Crippen molar-refractivity contribution < 1.29 is 13.9 Å². The zero-order chi connectivity index (χ0) is 16.9. The van der Waals surface area contributed by atoms with Crippen molar-refractivity contribution in [2.45, 2.75) is 32.5 Å². The van der Waals surface area contributed by atoms with Gasteiger partial charge in [0, 0.05) is 18.3 Å². The Balaban J connectivity index is 1.91. The van der Waals surface area contributed by atoms with Gasteiger partial charge in [-0.25, -0.2) is 0 Å². The van der Waals surface area contributed by atoms with Crippen LogP contribution in [0.25, 0.3) is 0 Å². The molecule has 0 spiro atoms. The molecule has 0 aliphatic carbocycles. The summed E-state index contributed by atoms with van der Waals surface area (Å²) in [5.74, 6) is 0.422. The van der Waals surface area contributed by atoms with E-state index >= 15 is 0 Å². The molecular formula is C16H21N3O4. The van der Waals surface area contributed by atoms with E-state index in [2.05, 4.69) is 5.32 Å². The summed E-state index contributed by atoms with van der Waals surface area (Å²) in [6.07, 6.45) is 3.17. The number of pyridine rings is 1. The zero-order valence-corrected chi connectivity index (χ0v) is 13.2. The van der Waals surface area contributed by atoms with E-state index < -0.39 is 5.54 Å². The SMILES string of the molecule is CC(C)(N)Cn1cccc(OCC(=O)NCc2ccco2)c1=O. The molecule has 7 heteroatoms. The van der Waals surface area contributed by atoms with Crippen LogP contribution < -0.4 is 21.3 Å². The Morgan fingerprint density at radius 2 is 2.17 bits per heavy atom. The van der Waals surface area contributed by atoms with Gasteiger partial charge in [0.2, 0.25) is 0 Å². The van der Waals surface area contributed by atoms with Crippen molar-refractivity contribution in [3.63, 3.8) is 0 Å². The maximum Gasteiger partial charge on any atom is 0.292 e. The summed E-state index contributed by atoms with van der Waals surface area (Å²) in [6.45, 7) is 4.04. The Kier molecular flexibility index (Phi) is 5.23. The molecule has 1 amide bonds. The highest BCUT2D eigenvalue weighted by atomic mass is 16.5. The fourth-order valence-corrected chi connectivity index (χ4v) is 1.98. The van der Waals surface area contributed by atoms with Crippen LogP contribution in [0.15, 0.2) is 45.9 Å². The minimum Gasteiger partial charge on any atom is -0.478 e. The number of nitrogens with two attached hydrogens (primary N) is 1. The third-order valence-corrected chi connectivity index (χ3v) is 2.96. The fourth-order valence-electron chi connectivity index (χ4n) is 1.98. The molecule has 0 radical (unpaired) electrons. The molecule has 0 aliphatic heterocycles. The smallest absolute Gasteiger partial charge is 0.292 e. The number of amides is 1. The van der Waals surface area contributed by atoms with E-state index in [-0.39, 0.29) is 30.4 Å². The van der Waals surface area contributed by atoms with Gasteiger partial charge < -0.3 is 24.8 Å². The van der Waals surface area contributed by atoms with Gasteiger partial charge in [0.1, 0.15) is 5.76 Å². The average molecular weight is 319 g/mol. The van der Waals surface area contributed by atoms with E-state index in [1.165, 1.54) is 16.9 Å². The van der Waals surface area contributed by atoms with Gasteiger partial charge in [-0.3, -0.25) is 9.59 Å². The van der Waals surface area contributed by atoms with Crippen molar-refractivity contribution in [3.8, 4) is 5.75 Å². The number of hydrogen-bond donors (Lipinski definition) is 2. The molecule has 0 saturated carbocycles. The summed E-state index contributed by atoms with van der Waals surface area (Å²) in [5.41, 5.74) is 5.08. The highest BCUT2D eigenvalue weighted by Gasteiger charge is 2.14. The number of hydrogen-bond acceptors (Lipinski definition) is 5. The Bertz CT molecular complexity index is 699. The van der Waals surface area contributed by atoms with Gasteiger partial charge in [-0.1, -0.05) is 0 Å². The van der Waals surface area contributed by atoms with Crippen molar-refractivity contribution in [1.29, 1.82) is 0 Å². The lowest BCUT2D eigenvalue weighted by Gasteiger charge is -2.20. The van der Waals surface area contributed by atoms with Crippen LogP contribution in [0.2, 0.25) is 0 Å². The van der Waals surface area contributed by atoms with Crippen molar-refractivity contribution in [3.05, 3.63) is 52.8 Å². The highest BCUT2D eigenvalue weighted by Crippen LogP contribution is 2.05. The molecule has 0 aromatic carbocycles. The molecule has 23 heavy (non-hydrogen) atoms. The van der Waals surface area contributed by atoms with Gasteiger partial charge in [0.25, 0.3) is 11.5 Å². The second-order valence-electron chi connectivity index (χ2n) is 5.94. The molecule has 2 aromatic rings. The zero-order valence-electron chi connectivity index (χ0n) is 13.2. The molecular weight excluding hydrogens is 298 g/mol. The van der Waals surface area contributed by atoms with E-state index in [0.717, 1.165) is 0 Å². The van der Waals surface area contributed by atoms with E-state index in [1.54, 1.807) is 24.4 Å². The summed E-state index contributed by atoms with van der Waals surface area (Å²) in [4.78, 5) is 24.0. The molecule has 0 bridgehead atoms. The van der Waals surface area contributed by atoms with Gasteiger partial charge in [-0.05, 0) is 38.1 Å². The van der Waals surface area contributed by atoms with Crippen LogP contribution in [0.5, 0.6) is 5.75 Å². The van der Waals surface area contributed by atoms with Crippen molar-refractivity contribution in [1.82, 2.24) is 9.88 Å². The van der Waals surface area contributed by atoms with Crippen LogP contribution in [-0.2, 0) is 17.9 Å². The minimum atomic E-state index is -0.525. The molecule has 124 valence electrons. The number of ether oxygens (including phenoxy) is 1. The van der Waals surface area contributed by atoms with Crippen LogP contribution in [0.4, 0.5) is 0 Å². The summed E-state index contributed by atoms with van der Waals surface area (Å²) in [6, 6.07) is 6.71. The van der Waals surface area contributed by atoms with Gasteiger partial charge >= 0.3 is 0 Å². The van der Waals surface area contributed by atoms with E-state index in [4.69, 9.17) is 14.9 Å². The predicted octanol–water partition coefficient (Wildman–Crippen LogP) is 0.874. The Morgan fingerprint density at radius 1 is 1.39 bits per heavy atom. The van der Waals surface area contributed by atoms with Crippen LogP contribution in [-0.4, -0.2) is 22.6 Å². The lowest BCUT2D eigenvalue weighted by atomic mass is 10.1. The quantitative estimate of drug-likeness (QED) is 0.789. The summed E-state index contributed by atoms with van der Waals surface area (Å²) >= 11 is 0. The third-order valence-electron chi connectivity index (χ3n) is 2.96. The lowest BCUT2D eigenvalue weighted by Crippen LogP contribution is -2.40. The van der Waals surface area contributed by atoms with Gasteiger partial charge in [0.05, 0.1) is 12.8 Å². The Labute approximate surface area is 134 Å². The number of carbonyl (C=O) groups excluding carboxylic acids is 1. The van der Waals surface area contributed by atoms with Crippen molar-refractivity contribution in [2.24, 2.45) is 5.73 Å². The number of carbonyl (C=O) groups is 1. The van der Waals surface area contributed by atoms with Crippen molar-refractivity contribution >= 4 is 5.91 Å². The third kappa shape index (κ3) is 5.30. The lowest BCUT2D eigenvalue weighted by molar-refractivity contribution is -0.123. The van der Waals surface area contributed by atoms with Crippen LogP contribution in [0.3, 0.4) is 0 Å². The molecule has 3 N–H and O–H groups in total. The standard InChI is InChI=1S/C16H21N3O4/c1-16(2,17)11-19-7-3-6-13(15(19)21)23-10-14(20)18-9-12-5-4-8-22-12/h3-8H,9-11,17H2,1-2H3,(H,18,20). The first-order valence-electron chi connectivity index (χ1n) is 7.25. The second kappa shape index (κ2) is 7.15. The fraction of sp³-hybridized carbons (Fsp3) is 0.375. The molecule has 0 fully saturated rings. The topological polar surface area (TPSA) is 99.5 Å². The summed E-state index contributed by atoms with van der Waals surface area (Å²) < 4.78 is 11.9. The summed E-state index contributed by atoms with van der Waals surface area (Å²) in [5, 5.41) is 2.64. The molecule has 0 saturated heterocycles. The molecule has 0 aliphatic rings. The monoisotopic (exact) mass is 319 g/mol. The first kappa shape index (κ1) is 16.8. The van der Waals surface area contributed by atoms with E-state index in [0.29, 0.717) is 12.3 Å². The van der Waals surface area contributed by atoms with Gasteiger partial charge in [-0.2, -0.15) is 0 Å². The van der Waals surface area contributed by atoms with Crippen LogP contribution in [0.1, 0.15) is 19.6 Å². The average Bonchev–Trinajstić information content (AvgIpc) is 2.98. The molecule has 2 heterocycles. The van der Waals surface area contributed by atoms with Crippen LogP contribution >= 0.6 is 0 Å². The number of aromatic nitrogens is 1. The summed E-state index contributed by atoms with van der Waals surface area (Å²) in [7, 11) is 0. The Hall–Kier alpha value is -2.54. The van der Waals surface area contributed by atoms with Gasteiger partial charge in [0.15, 0.2) is 12.4 Å². The first-order valence-corrected chi connectivity index (χ1v) is 7.25. The predicted molar refractivity (Wildman–Crippen MR) is 85.0 cm³/mol. The maximum atomic E-state index is 12.2. The maximum absolute atomic E-state index is 12.2. The largest absolute Gasteiger partial charge is 0.478 e. The normalized spacial score (nSPS) is 11.3. The number of nitrogens with one attached hydrogen (secondary N) is 1. The number of rotatable bonds is 7. The number of nitrogens with zero attached hydrogens (tertiary/aromatic N) is 1. The second-order valence-corrected chi connectivity index (χ2v) is 5.94. The number of furan rings is 1. The highest BCUT2D eigenvalue weighted by molar-refractivity contribution is 5.77. The van der Waals surface area contributed by atoms with Crippen LogP contribution in [0, 0.1) is 0 Å².